The second kappa shape index (κ2) is 8.99. The Bertz CT molecular complexity index is 1410. The topological polar surface area (TPSA) is 86.3 Å². The van der Waals surface area contributed by atoms with Crippen LogP contribution in [-0.2, 0) is 24.2 Å². The zero-order valence-electron chi connectivity index (χ0n) is 19.4. The molecule has 0 saturated carbocycles. The van der Waals surface area contributed by atoms with Gasteiger partial charge >= 0.3 is 0 Å². The third-order valence-electron chi connectivity index (χ3n) is 6.53. The van der Waals surface area contributed by atoms with E-state index in [0.29, 0.717) is 24.1 Å². The molecule has 3 heterocycles. The van der Waals surface area contributed by atoms with Gasteiger partial charge in [0.05, 0.1) is 6.20 Å². The largest absolute Gasteiger partial charge is 0.367 e. The van der Waals surface area contributed by atoms with Crippen LogP contribution in [0.25, 0.3) is 5.65 Å². The van der Waals surface area contributed by atoms with Crippen molar-refractivity contribution in [3.05, 3.63) is 88.4 Å². The van der Waals surface area contributed by atoms with Crippen molar-refractivity contribution in [3.8, 4) is 6.07 Å². The van der Waals surface area contributed by atoms with Gasteiger partial charge in [-0.15, -0.1) is 0 Å². The van der Waals surface area contributed by atoms with Crippen molar-refractivity contribution in [1.29, 1.82) is 5.26 Å². The Morgan fingerprint density at radius 2 is 1.94 bits per heavy atom. The van der Waals surface area contributed by atoms with E-state index in [1.807, 2.05) is 26.0 Å². The lowest BCUT2D eigenvalue weighted by molar-refractivity contribution is -0.116. The molecule has 2 aromatic carbocycles. The van der Waals surface area contributed by atoms with Crippen molar-refractivity contribution < 1.29 is 4.79 Å². The van der Waals surface area contributed by atoms with Crippen LogP contribution in [0.3, 0.4) is 0 Å². The van der Waals surface area contributed by atoms with E-state index in [1.54, 1.807) is 4.52 Å². The van der Waals surface area contributed by atoms with Crippen molar-refractivity contribution in [2.75, 3.05) is 16.8 Å². The number of fused-ring (bicyclic) bond motifs is 2. The normalized spacial score (nSPS) is 12.6. The number of anilines is 2. The van der Waals surface area contributed by atoms with Crippen molar-refractivity contribution in [2.45, 2.75) is 39.7 Å². The number of carbonyl (C=O) groups excluding carboxylic acids is 1. The smallest absolute Gasteiger partial charge is 0.224 e. The van der Waals surface area contributed by atoms with Gasteiger partial charge in [-0.3, -0.25) is 4.79 Å². The van der Waals surface area contributed by atoms with E-state index < -0.39 is 0 Å². The lowest BCUT2D eigenvalue weighted by Crippen LogP contribution is -2.19. The lowest BCUT2D eigenvalue weighted by atomic mass is 10.1. The highest BCUT2D eigenvalue weighted by atomic mass is 16.1. The quantitative estimate of drug-likeness (QED) is 0.472. The van der Waals surface area contributed by atoms with E-state index >= 15 is 0 Å². The van der Waals surface area contributed by atoms with Gasteiger partial charge in [0.25, 0.3) is 0 Å². The molecule has 0 fully saturated rings. The summed E-state index contributed by atoms with van der Waals surface area (Å²) in [6.07, 6.45) is 3.51. The summed E-state index contributed by atoms with van der Waals surface area (Å²) in [6.45, 7) is 5.75. The first-order chi connectivity index (χ1) is 16.5. The molecule has 1 aliphatic rings. The molecule has 34 heavy (non-hydrogen) atoms. The van der Waals surface area contributed by atoms with Crippen molar-refractivity contribution in [3.63, 3.8) is 0 Å². The molecule has 4 aromatic rings. The van der Waals surface area contributed by atoms with Gasteiger partial charge in [-0.25, -0.2) is 9.50 Å². The summed E-state index contributed by atoms with van der Waals surface area (Å²) in [7, 11) is 0. The van der Waals surface area contributed by atoms with Crippen LogP contribution in [0.15, 0.2) is 54.7 Å². The van der Waals surface area contributed by atoms with Gasteiger partial charge in [0.2, 0.25) is 5.91 Å². The number of carbonyl (C=O) groups is 1. The first-order valence-corrected chi connectivity index (χ1v) is 11.5. The summed E-state index contributed by atoms with van der Waals surface area (Å²) in [6, 6.07) is 18.8. The Morgan fingerprint density at radius 1 is 1.15 bits per heavy atom. The van der Waals surface area contributed by atoms with Gasteiger partial charge in [0, 0.05) is 42.3 Å². The summed E-state index contributed by atoms with van der Waals surface area (Å²) < 4.78 is 1.68. The molecule has 0 aliphatic carbocycles. The fraction of sp³-hybridized carbons (Fsp3) is 0.259. The van der Waals surface area contributed by atoms with Crippen LogP contribution >= 0.6 is 0 Å². The van der Waals surface area contributed by atoms with Gasteiger partial charge in [-0.1, -0.05) is 30.3 Å². The minimum Gasteiger partial charge on any atom is -0.367 e. The predicted octanol–water partition coefficient (Wildman–Crippen LogP) is 4.35. The molecular weight excluding hydrogens is 424 g/mol. The molecule has 7 nitrogen and oxygen atoms in total. The molecule has 1 amide bonds. The number of hydrogen-bond donors (Lipinski definition) is 1. The van der Waals surface area contributed by atoms with Crippen LogP contribution < -0.4 is 10.2 Å². The SMILES string of the molecule is Cc1nc2c(C#N)cnn2c(C)c1CCC(=O)Nc1ccc(CN2CCc3ccccc32)cc1. The number of aryl methyl sites for hydroxylation is 2. The highest BCUT2D eigenvalue weighted by molar-refractivity contribution is 5.90. The molecule has 0 spiro atoms. The maximum Gasteiger partial charge on any atom is 0.224 e. The second-order valence-corrected chi connectivity index (χ2v) is 8.71. The monoisotopic (exact) mass is 450 g/mol. The fourth-order valence-electron chi connectivity index (χ4n) is 4.70. The van der Waals surface area contributed by atoms with Crippen LogP contribution in [0.4, 0.5) is 11.4 Å². The Morgan fingerprint density at radius 3 is 2.74 bits per heavy atom. The number of amides is 1. The number of benzene rings is 2. The number of nitrogens with zero attached hydrogens (tertiary/aromatic N) is 5. The van der Waals surface area contributed by atoms with Crippen molar-refractivity contribution in [2.24, 2.45) is 0 Å². The Kier molecular flexibility index (Phi) is 5.72. The predicted molar refractivity (Wildman–Crippen MR) is 132 cm³/mol. The van der Waals surface area contributed by atoms with Gasteiger partial charge in [-0.2, -0.15) is 10.4 Å². The highest BCUT2D eigenvalue weighted by Gasteiger charge is 2.18. The summed E-state index contributed by atoms with van der Waals surface area (Å²) in [4.78, 5) is 19.6. The average molecular weight is 451 g/mol. The first kappa shape index (κ1) is 21.7. The van der Waals surface area contributed by atoms with Crippen LogP contribution in [0, 0.1) is 25.2 Å². The number of nitriles is 1. The molecule has 0 unspecified atom stereocenters. The fourth-order valence-corrected chi connectivity index (χ4v) is 4.70. The zero-order valence-corrected chi connectivity index (χ0v) is 19.4. The van der Waals surface area contributed by atoms with Crippen LogP contribution in [-0.4, -0.2) is 27.0 Å². The lowest BCUT2D eigenvalue weighted by Gasteiger charge is -2.19. The third kappa shape index (κ3) is 4.11. The maximum absolute atomic E-state index is 12.6. The van der Waals surface area contributed by atoms with E-state index in [2.05, 4.69) is 62.8 Å². The van der Waals surface area contributed by atoms with Crippen molar-refractivity contribution >= 4 is 22.9 Å². The van der Waals surface area contributed by atoms with Gasteiger partial charge in [0.15, 0.2) is 5.65 Å². The molecule has 5 rings (SSSR count). The van der Waals surface area contributed by atoms with Crippen LogP contribution in [0.1, 0.15) is 40.1 Å². The number of para-hydroxylation sites is 1. The molecule has 1 aliphatic heterocycles. The molecule has 1 N–H and O–H groups in total. The first-order valence-electron chi connectivity index (χ1n) is 11.5. The summed E-state index contributed by atoms with van der Waals surface area (Å²) in [5, 5.41) is 16.5. The van der Waals surface area contributed by atoms with E-state index in [-0.39, 0.29) is 5.91 Å². The van der Waals surface area contributed by atoms with E-state index in [1.165, 1.54) is 23.0 Å². The standard InChI is InChI=1S/C27H26N6O/c1-18-24(19(2)33-27(30-18)22(15-28)16-29-33)11-12-26(34)31-23-9-7-20(8-10-23)17-32-14-13-21-5-3-4-6-25(21)32/h3-10,16H,11-14,17H2,1-2H3,(H,31,34). The maximum atomic E-state index is 12.6. The van der Waals surface area contributed by atoms with Gasteiger partial charge in [0.1, 0.15) is 11.6 Å². The summed E-state index contributed by atoms with van der Waals surface area (Å²) >= 11 is 0. The zero-order chi connectivity index (χ0) is 23.7. The van der Waals surface area contributed by atoms with Crippen molar-refractivity contribution in [1.82, 2.24) is 14.6 Å². The molecule has 2 aromatic heterocycles. The number of rotatable bonds is 6. The van der Waals surface area contributed by atoms with E-state index in [0.717, 1.165) is 42.1 Å². The summed E-state index contributed by atoms with van der Waals surface area (Å²) in [5.74, 6) is -0.0432. The molecule has 0 radical (unpaired) electrons. The molecule has 0 bridgehead atoms. The van der Waals surface area contributed by atoms with Crippen LogP contribution in [0.2, 0.25) is 0 Å². The Labute approximate surface area is 198 Å². The Balaban J connectivity index is 1.20. The van der Waals surface area contributed by atoms with E-state index in [9.17, 15) is 10.1 Å². The number of hydrogen-bond acceptors (Lipinski definition) is 5. The second-order valence-electron chi connectivity index (χ2n) is 8.71. The Hall–Kier alpha value is -4.18. The molecular formula is C27H26N6O. The molecule has 170 valence electrons. The summed E-state index contributed by atoms with van der Waals surface area (Å²) in [5.41, 5.74) is 8.46. The van der Waals surface area contributed by atoms with E-state index in [4.69, 9.17) is 0 Å². The minimum absolute atomic E-state index is 0.0432. The minimum atomic E-state index is -0.0432. The van der Waals surface area contributed by atoms with Crippen LogP contribution in [0.5, 0.6) is 0 Å². The van der Waals surface area contributed by atoms with Gasteiger partial charge < -0.3 is 10.2 Å². The van der Waals surface area contributed by atoms with Gasteiger partial charge in [-0.05, 0) is 61.6 Å². The third-order valence-corrected chi connectivity index (χ3v) is 6.53. The molecule has 0 saturated heterocycles. The number of nitrogens with one attached hydrogen (secondary N) is 1. The highest BCUT2D eigenvalue weighted by Crippen LogP contribution is 2.29. The average Bonchev–Trinajstić information content (AvgIpc) is 3.44. The molecule has 0 atom stereocenters. The molecule has 7 heteroatoms. The number of aromatic nitrogens is 3.